The van der Waals surface area contributed by atoms with Gasteiger partial charge in [0.05, 0.1) is 13.0 Å². The maximum absolute atomic E-state index is 13.7. The number of aliphatic hydroxyl groups excluding tert-OH is 2. The van der Waals surface area contributed by atoms with Gasteiger partial charge in [-0.3, -0.25) is 18.9 Å². The summed E-state index contributed by atoms with van der Waals surface area (Å²) >= 11 is 0. The van der Waals surface area contributed by atoms with Crippen molar-refractivity contribution in [3.05, 3.63) is 0 Å². The highest BCUT2D eigenvalue weighted by Gasteiger charge is 2.50. The number of hydrogen-bond donors (Lipinski definition) is 4. The lowest BCUT2D eigenvalue weighted by molar-refractivity contribution is -0.254. The number of unbranched alkanes of at least 4 members (excludes halogenated alkanes) is 28. The van der Waals surface area contributed by atoms with Crippen LogP contribution in [-0.4, -0.2) is 84.4 Å². The van der Waals surface area contributed by atoms with E-state index in [4.69, 9.17) is 18.4 Å². The minimum absolute atomic E-state index is 0.0105. The van der Waals surface area contributed by atoms with Crippen molar-refractivity contribution in [1.29, 1.82) is 0 Å². The minimum Gasteiger partial charge on any atom is -0.462 e. The molecule has 0 aromatic rings. The zero-order chi connectivity index (χ0) is 45.7. The fraction of sp³-hybridized carbons (Fsp3) is 0.938. The molecule has 0 aliphatic carbocycles. The van der Waals surface area contributed by atoms with Gasteiger partial charge in [-0.1, -0.05) is 201 Å². The van der Waals surface area contributed by atoms with Crippen LogP contribution in [0.4, 0.5) is 0 Å². The van der Waals surface area contributed by atoms with Gasteiger partial charge < -0.3 is 29.7 Å². The highest BCUT2D eigenvalue weighted by Crippen LogP contribution is 2.28. The highest BCUT2D eigenvalue weighted by molar-refractivity contribution is 7.80. The van der Waals surface area contributed by atoms with Crippen LogP contribution in [0.2, 0.25) is 0 Å². The fourth-order valence-electron chi connectivity index (χ4n) is 8.28. The second-order valence-electron chi connectivity index (χ2n) is 17.8. The first-order valence-corrected chi connectivity index (χ1v) is 26.6. The number of aliphatic hydroxyl groups is 2. The first-order valence-electron chi connectivity index (χ1n) is 25.2. The van der Waals surface area contributed by atoms with Gasteiger partial charge in [0, 0.05) is 12.8 Å². The van der Waals surface area contributed by atoms with E-state index in [1.165, 1.54) is 116 Å². The predicted octanol–water partition coefficient (Wildman–Crippen LogP) is 10.9. The zero-order valence-electron chi connectivity index (χ0n) is 39.3. The Morgan fingerprint density at radius 1 is 0.581 bits per heavy atom. The number of ether oxygens (including phenoxy) is 3. The molecular formula is C48H91NO12S. The third-order valence-corrected chi connectivity index (χ3v) is 12.4. The molecule has 4 N–H and O–H groups in total. The van der Waals surface area contributed by atoms with Gasteiger partial charge in [0.2, 0.25) is 5.91 Å². The molecule has 1 aliphatic heterocycles. The number of rotatable bonds is 42. The third-order valence-electron chi connectivity index (χ3n) is 12.0. The summed E-state index contributed by atoms with van der Waals surface area (Å²) in [5, 5.41) is 23.6. The molecule has 0 spiro atoms. The van der Waals surface area contributed by atoms with Gasteiger partial charge in [-0.25, -0.2) is 4.18 Å². The SMILES string of the molecule is CCCCCCCCCCCCCC(=O)OC(CCCCCCCCCCC)CC(=O)N[C@H]1C(O)O[C@H](CO)[C@@H](OS(=O)(=O)O)[C@@H]1OC(=O)CCCCCCCCCCCCC. The van der Waals surface area contributed by atoms with Gasteiger partial charge in [0.1, 0.15) is 24.4 Å². The van der Waals surface area contributed by atoms with Gasteiger partial charge in [-0.15, -0.1) is 0 Å². The number of nitrogens with one attached hydrogen (secondary N) is 1. The molecule has 2 unspecified atom stereocenters. The Morgan fingerprint density at radius 2 is 0.968 bits per heavy atom. The van der Waals surface area contributed by atoms with Gasteiger partial charge in [0.25, 0.3) is 0 Å². The van der Waals surface area contributed by atoms with Crippen molar-refractivity contribution < 1.29 is 56.0 Å². The molecule has 6 atom stereocenters. The Kier molecular flexibility index (Phi) is 36.1. The van der Waals surface area contributed by atoms with Gasteiger partial charge in [-0.2, -0.15) is 8.42 Å². The second-order valence-corrected chi connectivity index (χ2v) is 18.8. The summed E-state index contributed by atoms with van der Waals surface area (Å²) in [4.78, 5) is 39.8. The molecule has 0 aromatic carbocycles. The predicted molar refractivity (Wildman–Crippen MR) is 245 cm³/mol. The summed E-state index contributed by atoms with van der Waals surface area (Å²) in [5.41, 5.74) is 0. The van der Waals surface area contributed by atoms with Crippen LogP contribution in [0.5, 0.6) is 0 Å². The maximum atomic E-state index is 13.7. The molecule has 1 amide bonds. The average Bonchev–Trinajstić information content (AvgIpc) is 3.22. The molecule has 1 rings (SSSR count). The fourth-order valence-corrected chi connectivity index (χ4v) is 8.79. The highest BCUT2D eigenvalue weighted by atomic mass is 32.3. The standard InChI is InChI=1S/C48H91NO12S/c1-4-7-10-13-16-19-21-24-27-30-33-36-43(52)58-40(35-32-29-26-23-18-15-12-9-6-3)38-42(51)49-45-47(46(61-62(55,56)57)41(39-50)59-48(45)54)60-44(53)37-34-31-28-25-22-20-17-14-11-8-5-2/h40-41,45-48,50,54H,4-39H2,1-3H3,(H,49,51)(H,55,56,57)/t40?,41-,45-,46-,47-,48?/m1/s1. The Morgan fingerprint density at radius 3 is 1.37 bits per heavy atom. The van der Waals surface area contributed by atoms with Crippen molar-refractivity contribution in [3.63, 3.8) is 0 Å². The lowest BCUT2D eigenvalue weighted by atomic mass is 9.96. The Labute approximate surface area is 377 Å². The molecule has 14 heteroatoms. The van der Waals surface area contributed by atoms with Crippen molar-refractivity contribution in [2.24, 2.45) is 0 Å². The zero-order valence-corrected chi connectivity index (χ0v) is 40.2. The van der Waals surface area contributed by atoms with E-state index in [-0.39, 0.29) is 25.2 Å². The first kappa shape index (κ1) is 58.2. The number of amides is 1. The van der Waals surface area contributed by atoms with Crippen LogP contribution >= 0.6 is 0 Å². The minimum atomic E-state index is -5.15. The molecule has 13 nitrogen and oxygen atoms in total. The van der Waals surface area contributed by atoms with Crippen molar-refractivity contribution in [1.82, 2.24) is 5.32 Å². The second kappa shape index (κ2) is 38.4. The van der Waals surface area contributed by atoms with E-state index in [1.807, 2.05) is 0 Å². The molecule has 1 saturated heterocycles. The van der Waals surface area contributed by atoms with E-state index in [1.54, 1.807) is 0 Å². The summed E-state index contributed by atoms with van der Waals surface area (Å²) in [6.45, 7) is 5.78. The number of hydrogen-bond acceptors (Lipinski definition) is 11. The number of esters is 2. The van der Waals surface area contributed by atoms with E-state index in [2.05, 4.69) is 26.1 Å². The largest absolute Gasteiger partial charge is 0.462 e. The van der Waals surface area contributed by atoms with Crippen LogP contribution in [0.1, 0.15) is 245 Å². The number of carbonyl (C=O) groups is 3. The monoisotopic (exact) mass is 906 g/mol. The Balaban J connectivity index is 2.88. The summed E-state index contributed by atoms with van der Waals surface area (Å²) in [7, 11) is -5.15. The molecule has 0 aromatic heterocycles. The molecule has 366 valence electrons. The molecule has 0 bridgehead atoms. The molecule has 0 radical (unpaired) electrons. The average molecular weight is 906 g/mol. The topological polar surface area (TPSA) is 195 Å². The summed E-state index contributed by atoms with van der Waals surface area (Å²) in [5.74, 6) is -1.75. The lowest BCUT2D eigenvalue weighted by Gasteiger charge is -2.43. The lowest BCUT2D eigenvalue weighted by Crippen LogP contribution is -2.66. The van der Waals surface area contributed by atoms with Gasteiger partial charge >= 0.3 is 22.3 Å². The molecule has 1 aliphatic rings. The molecule has 1 heterocycles. The third kappa shape index (κ3) is 31.1. The maximum Gasteiger partial charge on any atom is 0.397 e. The van der Waals surface area contributed by atoms with E-state index in [9.17, 15) is 37.6 Å². The molecule has 0 saturated carbocycles. The van der Waals surface area contributed by atoms with Gasteiger partial charge in [-0.05, 0) is 25.7 Å². The van der Waals surface area contributed by atoms with E-state index in [0.717, 1.165) is 70.6 Å². The van der Waals surface area contributed by atoms with Gasteiger partial charge in [0.15, 0.2) is 12.4 Å². The summed E-state index contributed by atoms with van der Waals surface area (Å²) in [6.07, 6.45) is 27.4. The van der Waals surface area contributed by atoms with Crippen LogP contribution in [0.15, 0.2) is 0 Å². The van der Waals surface area contributed by atoms with Crippen molar-refractivity contribution in [2.75, 3.05) is 6.61 Å². The van der Waals surface area contributed by atoms with Crippen molar-refractivity contribution in [3.8, 4) is 0 Å². The van der Waals surface area contributed by atoms with E-state index < -0.39 is 65.6 Å². The van der Waals surface area contributed by atoms with E-state index in [0.29, 0.717) is 19.3 Å². The van der Waals surface area contributed by atoms with Crippen molar-refractivity contribution in [2.45, 2.75) is 282 Å². The molecular weight excluding hydrogens is 815 g/mol. The van der Waals surface area contributed by atoms with Crippen LogP contribution in [-0.2, 0) is 43.2 Å². The van der Waals surface area contributed by atoms with E-state index >= 15 is 0 Å². The van der Waals surface area contributed by atoms with Crippen LogP contribution in [0.25, 0.3) is 0 Å². The quantitative estimate of drug-likeness (QED) is 0.0257. The molecule has 62 heavy (non-hydrogen) atoms. The van der Waals surface area contributed by atoms with Crippen molar-refractivity contribution >= 4 is 28.2 Å². The Bertz CT molecular complexity index is 1220. The smallest absolute Gasteiger partial charge is 0.397 e. The molecule has 1 fully saturated rings. The first-order chi connectivity index (χ1) is 29.9. The van der Waals surface area contributed by atoms with Crippen LogP contribution in [0, 0.1) is 0 Å². The van der Waals surface area contributed by atoms with Crippen LogP contribution in [0.3, 0.4) is 0 Å². The number of carbonyl (C=O) groups excluding carboxylic acids is 3. The Hall–Kier alpha value is -1.84. The van der Waals surface area contributed by atoms with Crippen LogP contribution < -0.4 is 5.32 Å². The normalized spacial score (nSPS) is 19.6. The summed E-state index contributed by atoms with van der Waals surface area (Å²) < 4.78 is 55.2. The summed E-state index contributed by atoms with van der Waals surface area (Å²) in [6, 6.07) is -1.53.